The number of hydrogen-bond donors (Lipinski definition) is 2. The van der Waals surface area contributed by atoms with E-state index in [0.29, 0.717) is 23.2 Å². The highest BCUT2D eigenvalue weighted by atomic mass is 32.1. The number of nitrogens with two attached hydrogens (primary N) is 1. The molecule has 0 spiro atoms. The molecule has 112 valence electrons. The largest absolute Gasteiger partial charge is 0.396 e. The zero-order valence-electron chi connectivity index (χ0n) is 12.1. The Bertz CT molecular complexity index is 648. The van der Waals surface area contributed by atoms with Crippen molar-refractivity contribution in [1.29, 1.82) is 0 Å². The maximum absolute atomic E-state index is 12.9. The van der Waals surface area contributed by atoms with Crippen molar-refractivity contribution in [3.63, 3.8) is 0 Å². The molecule has 0 radical (unpaired) electrons. The van der Waals surface area contributed by atoms with Crippen molar-refractivity contribution in [2.75, 3.05) is 25.4 Å². The average molecular weight is 304 g/mol. The number of rotatable bonds is 3. The minimum absolute atomic E-state index is 0.0462. The number of carbonyl (C=O) groups excluding carboxylic acids is 1. The van der Waals surface area contributed by atoms with Crippen molar-refractivity contribution in [2.45, 2.75) is 25.8 Å². The number of hydrogen-bond acceptors (Lipinski definition) is 5. The number of nitrogen functional groups attached to an aromatic ring is 1. The Labute approximate surface area is 128 Å². The molecule has 3 heterocycles. The first-order valence-corrected chi connectivity index (χ1v) is 8.18. The SMILES string of the molecule is CCN(C(=O)c1sc2cccnc2c1N)C1CCNCC1. The summed E-state index contributed by atoms with van der Waals surface area (Å²) in [5.74, 6) is 0.0462. The van der Waals surface area contributed by atoms with Crippen molar-refractivity contribution in [1.82, 2.24) is 15.2 Å². The Hall–Kier alpha value is -1.66. The molecule has 0 bridgehead atoms. The number of aromatic nitrogens is 1. The van der Waals surface area contributed by atoms with E-state index < -0.39 is 0 Å². The van der Waals surface area contributed by atoms with Crippen LogP contribution in [0.1, 0.15) is 29.4 Å². The van der Waals surface area contributed by atoms with E-state index in [4.69, 9.17) is 5.73 Å². The highest BCUT2D eigenvalue weighted by Gasteiger charge is 2.28. The van der Waals surface area contributed by atoms with E-state index in [1.54, 1.807) is 6.20 Å². The first-order chi connectivity index (χ1) is 10.2. The number of fused-ring (bicyclic) bond motifs is 1. The molecule has 2 aromatic heterocycles. The number of piperidine rings is 1. The first-order valence-electron chi connectivity index (χ1n) is 7.37. The lowest BCUT2D eigenvalue weighted by atomic mass is 10.0. The Balaban J connectivity index is 1.92. The second-order valence-electron chi connectivity index (χ2n) is 5.27. The third-order valence-corrected chi connectivity index (χ3v) is 5.18. The van der Waals surface area contributed by atoms with Crippen LogP contribution in [0.15, 0.2) is 18.3 Å². The zero-order chi connectivity index (χ0) is 14.8. The molecule has 0 aliphatic carbocycles. The van der Waals surface area contributed by atoms with Gasteiger partial charge in [0.1, 0.15) is 10.4 Å². The van der Waals surface area contributed by atoms with Gasteiger partial charge in [0.05, 0.1) is 10.4 Å². The maximum Gasteiger partial charge on any atom is 0.266 e. The van der Waals surface area contributed by atoms with Crippen molar-refractivity contribution in [2.24, 2.45) is 0 Å². The molecule has 0 saturated carbocycles. The summed E-state index contributed by atoms with van der Waals surface area (Å²) >= 11 is 1.45. The molecule has 6 heteroatoms. The fraction of sp³-hybridized carbons (Fsp3) is 0.467. The quantitative estimate of drug-likeness (QED) is 0.911. The Morgan fingerprint density at radius 2 is 2.29 bits per heavy atom. The molecule has 1 fully saturated rings. The lowest BCUT2D eigenvalue weighted by molar-refractivity contribution is 0.0662. The summed E-state index contributed by atoms with van der Waals surface area (Å²) in [7, 11) is 0. The second-order valence-corrected chi connectivity index (χ2v) is 6.32. The topological polar surface area (TPSA) is 71.2 Å². The summed E-state index contributed by atoms with van der Waals surface area (Å²) in [5, 5.41) is 3.34. The molecule has 0 aromatic carbocycles. The number of nitrogens with zero attached hydrogens (tertiary/aromatic N) is 2. The monoisotopic (exact) mass is 304 g/mol. The van der Waals surface area contributed by atoms with E-state index in [1.807, 2.05) is 24.0 Å². The second kappa shape index (κ2) is 5.99. The number of thiophene rings is 1. The number of carbonyl (C=O) groups is 1. The maximum atomic E-state index is 12.9. The molecule has 0 unspecified atom stereocenters. The molecule has 1 aliphatic heterocycles. The van der Waals surface area contributed by atoms with Crippen molar-refractivity contribution < 1.29 is 4.79 Å². The molecule has 21 heavy (non-hydrogen) atoms. The van der Waals surface area contributed by atoms with Gasteiger partial charge in [0, 0.05) is 18.8 Å². The fourth-order valence-electron chi connectivity index (χ4n) is 2.92. The van der Waals surface area contributed by atoms with E-state index in [1.165, 1.54) is 11.3 Å². The zero-order valence-corrected chi connectivity index (χ0v) is 12.9. The van der Waals surface area contributed by atoms with Gasteiger partial charge in [0.15, 0.2) is 0 Å². The summed E-state index contributed by atoms with van der Waals surface area (Å²) in [5.41, 5.74) is 7.41. The number of nitrogens with one attached hydrogen (secondary N) is 1. The van der Waals surface area contributed by atoms with Crippen LogP contribution in [0.25, 0.3) is 10.2 Å². The molecular formula is C15H20N4OS. The predicted molar refractivity (Wildman–Crippen MR) is 86.6 cm³/mol. The van der Waals surface area contributed by atoms with Crippen molar-refractivity contribution in [3.05, 3.63) is 23.2 Å². The molecule has 0 atom stereocenters. The first kappa shape index (κ1) is 14.3. The number of amides is 1. The number of pyridine rings is 1. The number of anilines is 1. The van der Waals surface area contributed by atoms with Crippen LogP contribution in [0.3, 0.4) is 0 Å². The molecule has 2 aromatic rings. The highest BCUT2D eigenvalue weighted by molar-refractivity contribution is 7.21. The third-order valence-electron chi connectivity index (χ3n) is 4.03. The van der Waals surface area contributed by atoms with Crippen molar-refractivity contribution >= 4 is 33.1 Å². The van der Waals surface area contributed by atoms with Crippen LogP contribution >= 0.6 is 11.3 Å². The molecule has 3 N–H and O–H groups in total. The lowest BCUT2D eigenvalue weighted by Crippen LogP contribution is -2.46. The predicted octanol–water partition coefficient (Wildman–Crippen LogP) is 2.09. The van der Waals surface area contributed by atoms with Crippen LogP contribution in [0.2, 0.25) is 0 Å². The van der Waals surface area contributed by atoms with Gasteiger partial charge in [0.2, 0.25) is 0 Å². The van der Waals surface area contributed by atoms with E-state index in [9.17, 15) is 4.79 Å². The molecule has 3 rings (SSSR count). The van der Waals surface area contributed by atoms with Gasteiger partial charge in [-0.3, -0.25) is 9.78 Å². The molecular weight excluding hydrogens is 284 g/mol. The van der Waals surface area contributed by atoms with Gasteiger partial charge in [-0.25, -0.2) is 0 Å². The van der Waals surface area contributed by atoms with Gasteiger partial charge in [-0.05, 0) is 45.0 Å². The van der Waals surface area contributed by atoms with Crippen LogP contribution in [0.4, 0.5) is 5.69 Å². The van der Waals surface area contributed by atoms with Gasteiger partial charge in [-0.2, -0.15) is 0 Å². The highest BCUT2D eigenvalue weighted by Crippen LogP contribution is 2.33. The van der Waals surface area contributed by atoms with Gasteiger partial charge in [-0.15, -0.1) is 11.3 Å². The smallest absolute Gasteiger partial charge is 0.266 e. The molecule has 1 amide bonds. The molecule has 1 aliphatic rings. The minimum atomic E-state index is 0.0462. The van der Waals surface area contributed by atoms with Crippen LogP contribution < -0.4 is 11.1 Å². The Kier molecular flexibility index (Phi) is 4.07. The standard InChI is InChI=1S/C15H20N4OS/c1-2-19(10-5-8-17-9-6-10)15(20)14-12(16)13-11(21-14)4-3-7-18-13/h3-4,7,10,17H,2,5-6,8-9,16H2,1H3. The van der Waals surface area contributed by atoms with Gasteiger partial charge >= 0.3 is 0 Å². The molecule has 1 saturated heterocycles. The summed E-state index contributed by atoms with van der Waals surface area (Å²) in [6, 6.07) is 4.14. The van der Waals surface area contributed by atoms with Crippen LogP contribution in [-0.4, -0.2) is 41.5 Å². The van der Waals surface area contributed by atoms with E-state index in [2.05, 4.69) is 10.3 Å². The van der Waals surface area contributed by atoms with Gasteiger partial charge in [-0.1, -0.05) is 0 Å². The normalized spacial score (nSPS) is 16.2. The third kappa shape index (κ3) is 2.61. The van der Waals surface area contributed by atoms with Crippen LogP contribution in [-0.2, 0) is 0 Å². The summed E-state index contributed by atoms with van der Waals surface area (Å²) in [4.78, 5) is 19.7. The van der Waals surface area contributed by atoms with E-state index >= 15 is 0 Å². The van der Waals surface area contributed by atoms with E-state index in [0.717, 1.165) is 36.1 Å². The molecule has 5 nitrogen and oxygen atoms in total. The van der Waals surface area contributed by atoms with Crippen molar-refractivity contribution in [3.8, 4) is 0 Å². The van der Waals surface area contributed by atoms with Crippen LogP contribution in [0.5, 0.6) is 0 Å². The minimum Gasteiger partial charge on any atom is -0.396 e. The summed E-state index contributed by atoms with van der Waals surface area (Å²) < 4.78 is 0.972. The van der Waals surface area contributed by atoms with Gasteiger partial charge < -0.3 is 16.0 Å². The lowest BCUT2D eigenvalue weighted by Gasteiger charge is -2.33. The van der Waals surface area contributed by atoms with Gasteiger partial charge in [0.25, 0.3) is 5.91 Å². The van der Waals surface area contributed by atoms with Crippen LogP contribution in [0, 0.1) is 0 Å². The fourth-order valence-corrected chi connectivity index (χ4v) is 3.96. The summed E-state index contributed by atoms with van der Waals surface area (Å²) in [6.45, 7) is 4.68. The Morgan fingerprint density at radius 3 is 2.95 bits per heavy atom. The van der Waals surface area contributed by atoms with E-state index in [-0.39, 0.29) is 5.91 Å². The average Bonchev–Trinajstić information content (AvgIpc) is 2.87. The summed E-state index contributed by atoms with van der Waals surface area (Å²) in [6.07, 6.45) is 3.72. The Morgan fingerprint density at radius 1 is 1.52 bits per heavy atom.